The number of benzene rings is 1. The molecule has 2 nitrogen and oxygen atoms in total. The third-order valence-electron chi connectivity index (χ3n) is 2.61. The third kappa shape index (κ3) is 1.17. The van der Waals surface area contributed by atoms with Gasteiger partial charge in [0, 0.05) is 18.6 Å². The van der Waals surface area contributed by atoms with Crippen molar-refractivity contribution in [3.05, 3.63) is 40.3 Å². The zero-order chi connectivity index (χ0) is 10.3. The first kappa shape index (κ1) is 9.07. The Bertz CT molecular complexity index is 557. The molecule has 0 N–H and O–H groups in total. The van der Waals surface area contributed by atoms with Crippen molar-refractivity contribution < 1.29 is 0 Å². The number of hydrogen-bond donors (Lipinski definition) is 0. The van der Waals surface area contributed by atoms with Crippen LogP contribution < -0.4 is 11.0 Å². The smallest absolute Gasteiger partial charge is 0.258 e. The Hall–Kier alpha value is -1.51. The van der Waals surface area contributed by atoms with Crippen LogP contribution in [0.15, 0.2) is 29.2 Å². The van der Waals surface area contributed by atoms with Gasteiger partial charge in [0.25, 0.3) is 5.56 Å². The second-order valence-corrected chi connectivity index (χ2v) is 3.73. The second kappa shape index (κ2) is 3.01. The molecule has 0 saturated heterocycles. The lowest BCUT2D eigenvalue weighted by molar-refractivity contribution is 0.878. The highest BCUT2D eigenvalue weighted by atomic mass is 16.1. The number of pyridine rings is 1. The van der Waals surface area contributed by atoms with Crippen molar-refractivity contribution in [3.63, 3.8) is 0 Å². The Morgan fingerprint density at radius 3 is 2.79 bits per heavy atom. The van der Waals surface area contributed by atoms with Crippen LogP contribution in [0.5, 0.6) is 0 Å². The molecule has 0 aliphatic rings. The molecular formula is C11H12BNO. The van der Waals surface area contributed by atoms with E-state index in [4.69, 9.17) is 0 Å². The summed E-state index contributed by atoms with van der Waals surface area (Å²) in [5, 5.41) is 1.91. The van der Waals surface area contributed by atoms with Crippen molar-refractivity contribution in [3.8, 4) is 0 Å². The molecule has 0 saturated carbocycles. The lowest BCUT2D eigenvalue weighted by Crippen LogP contribution is -2.23. The van der Waals surface area contributed by atoms with Crippen LogP contribution in [-0.4, -0.2) is 12.4 Å². The molecular weight excluding hydrogens is 173 g/mol. The van der Waals surface area contributed by atoms with Gasteiger partial charge in [-0.15, -0.1) is 0 Å². The van der Waals surface area contributed by atoms with Gasteiger partial charge in [-0.3, -0.25) is 4.79 Å². The van der Waals surface area contributed by atoms with Gasteiger partial charge in [-0.2, -0.15) is 0 Å². The van der Waals surface area contributed by atoms with Crippen LogP contribution in [0.3, 0.4) is 0 Å². The summed E-state index contributed by atoms with van der Waals surface area (Å²) < 4.78 is 1.64. The highest BCUT2D eigenvalue weighted by Crippen LogP contribution is 2.11. The number of hydrogen-bond acceptors (Lipinski definition) is 1. The average molecular weight is 185 g/mol. The van der Waals surface area contributed by atoms with Gasteiger partial charge >= 0.3 is 0 Å². The minimum atomic E-state index is 0.0781. The first-order valence-corrected chi connectivity index (χ1v) is 4.67. The summed E-state index contributed by atoms with van der Waals surface area (Å²) in [7, 11) is 3.83. The van der Waals surface area contributed by atoms with Gasteiger partial charge in [0.2, 0.25) is 0 Å². The number of fused-ring (bicyclic) bond motifs is 1. The van der Waals surface area contributed by atoms with E-state index in [1.54, 1.807) is 11.6 Å². The highest BCUT2D eigenvalue weighted by Gasteiger charge is 2.04. The Kier molecular flexibility index (Phi) is 1.95. The number of aromatic nitrogens is 1. The van der Waals surface area contributed by atoms with Crippen LogP contribution in [0.4, 0.5) is 0 Å². The largest absolute Gasteiger partial charge is 0.319 e. The fourth-order valence-corrected chi connectivity index (χ4v) is 1.97. The average Bonchev–Trinajstić information content (AvgIpc) is 2.14. The molecule has 1 aromatic carbocycles. The molecule has 0 spiro atoms. The van der Waals surface area contributed by atoms with Crippen molar-refractivity contribution in [2.75, 3.05) is 0 Å². The Labute approximate surface area is 83.6 Å². The molecule has 0 amide bonds. The van der Waals surface area contributed by atoms with Crippen LogP contribution in [0.2, 0.25) is 0 Å². The molecule has 0 fully saturated rings. The van der Waals surface area contributed by atoms with Gasteiger partial charge in [0.1, 0.15) is 7.85 Å². The summed E-state index contributed by atoms with van der Waals surface area (Å²) in [6.07, 6.45) is 1.89. The zero-order valence-corrected chi connectivity index (χ0v) is 8.66. The summed E-state index contributed by atoms with van der Waals surface area (Å²) >= 11 is 0. The van der Waals surface area contributed by atoms with Crippen molar-refractivity contribution in [2.24, 2.45) is 7.05 Å². The molecule has 0 radical (unpaired) electrons. The van der Waals surface area contributed by atoms with Gasteiger partial charge in [-0.1, -0.05) is 17.6 Å². The summed E-state index contributed by atoms with van der Waals surface area (Å²) in [4.78, 5) is 11.8. The first-order valence-electron chi connectivity index (χ1n) is 4.67. The minimum Gasteiger partial charge on any atom is -0.319 e. The van der Waals surface area contributed by atoms with Crippen LogP contribution in [0.1, 0.15) is 5.56 Å². The standard InChI is InChI=1S/C11H12BNO/c1-7-4-3-5-8-10(7)9(12)6-13(2)11(8)14/h3-6H,12H2,1-2H3. The van der Waals surface area contributed by atoms with Gasteiger partial charge in [0.15, 0.2) is 0 Å². The van der Waals surface area contributed by atoms with E-state index >= 15 is 0 Å². The number of nitrogens with zero attached hydrogens (tertiary/aromatic N) is 1. The molecule has 2 aromatic rings. The van der Waals surface area contributed by atoms with Gasteiger partial charge < -0.3 is 4.57 Å². The number of aryl methyl sites for hydroxylation is 2. The predicted octanol–water partition coefficient (Wildman–Crippen LogP) is 0.105. The minimum absolute atomic E-state index is 0.0781. The van der Waals surface area contributed by atoms with Gasteiger partial charge in [-0.05, 0) is 23.9 Å². The van der Waals surface area contributed by atoms with E-state index < -0.39 is 0 Å². The monoisotopic (exact) mass is 185 g/mol. The van der Waals surface area contributed by atoms with Crippen LogP contribution >= 0.6 is 0 Å². The van der Waals surface area contributed by atoms with Crippen molar-refractivity contribution in [2.45, 2.75) is 6.92 Å². The Balaban J connectivity index is 3.10. The maximum Gasteiger partial charge on any atom is 0.258 e. The molecule has 1 aromatic heterocycles. The van der Waals surface area contributed by atoms with Gasteiger partial charge in [-0.25, -0.2) is 0 Å². The maximum absolute atomic E-state index is 11.8. The molecule has 14 heavy (non-hydrogen) atoms. The molecule has 1 heterocycles. The second-order valence-electron chi connectivity index (χ2n) is 3.73. The Morgan fingerprint density at radius 2 is 2.07 bits per heavy atom. The van der Waals surface area contributed by atoms with Crippen molar-refractivity contribution in [1.29, 1.82) is 0 Å². The van der Waals surface area contributed by atoms with Gasteiger partial charge in [0.05, 0.1) is 0 Å². The molecule has 0 bridgehead atoms. The molecule has 0 aliphatic heterocycles. The summed E-state index contributed by atoms with van der Waals surface area (Å²) in [5.41, 5.74) is 2.40. The Morgan fingerprint density at radius 1 is 1.36 bits per heavy atom. The van der Waals surface area contributed by atoms with E-state index in [0.717, 1.165) is 21.8 Å². The van der Waals surface area contributed by atoms with Crippen LogP contribution in [0.25, 0.3) is 10.8 Å². The van der Waals surface area contributed by atoms with E-state index in [0.29, 0.717) is 0 Å². The van der Waals surface area contributed by atoms with E-state index in [9.17, 15) is 4.79 Å². The van der Waals surface area contributed by atoms with Crippen molar-refractivity contribution in [1.82, 2.24) is 4.57 Å². The SMILES string of the molecule is Bc1cn(C)c(=O)c2cccc(C)c12. The maximum atomic E-state index is 11.8. The van der Waals surface area contributed by atoms with Crippen LogP contribution in [0, 0.1) is 6.92 Å². The number of rotatable bonds is 0. The summed E-state index contributed by atoms with van der Waals surface area (Å²) in [6.45, 7) is 2.04. The van der Waals surface area contributed by atoms with E-state index in [-0.39, 0.29) is 5.56 Å². The molecule has 3 heteroatoms. The van der Waals surface area contributed by atoms with E-state index in [1.807, 2.05) is 39.2 Å². The fraction of sp³-hybridized carbons (Fsp3) is 0.182. The lowest BCUT2D eigenvalue weighted by atomic mass is 9.90. The topological polar surface area (TPSA) is 22.0 Å². The van der Waals surface area contributed by atoms with Crippen LogP contribution in [-0.2, 0) is 7.05 Å². The lowest BCUT2D eigenvalue weighted by Gasteiger charge is -2.07. The predicted molar refractivity (Wildman–Crippen MR) is 62.1 cm³/mol. The highest BCUT2D eigenvalue weighted by molar-refractivity contribution is 6.38. The zero-order valence-electron chi connectivity index (χ0n) is 8.66. The molecule has 0 aliphatic carbocycles. The van der Waals surface area contributed by atoms with E-state index in [2.05, 4.69) is 0 Å². The molecule has 0 atom stereocenters. The molecule has 2 rings (SSSR count). The fourth-order valence-electron chi connectivity index (χ4n) is 1.97. The molecule has 70 valence electrons. The van der Waals surface area contributed by atoms with Crippen molar-refractivity contribution >= 4 is 24.1 Å². The quantitative estimate of drug-likeness (QED) is 0.533. The third-order valence-corrected chi connectivity index (χ3v) is 2.61. The summed E-state index contributed by atoms with van der Waals surface area (Å²) in [5.74, 6) is 0. The molecule has 0 unspecified atom stereocenters. The summed E-state index contributed by atoms with van der Waals surface area (Å²) in [6, 6.07) is 5.85. The first-order chi connectivity index (χ1) is 6.61. The normalized spacial score (nSPS) is 10.7. The van der Waals surface area contributed by atoms with E-state index in [1.165, 1.54) is 0 Å².